The number of methoxy groups -OCH3 is 1. The van der Waals surface area contributed by atoms with Gasteiger partial charge in [0.25, 0.3) is 0 Å². The number of nitrogens with zero attached hydrogens (tertiary/aromatic N) is 2. The Bertz CT molecular complexity index is 1630. The predicted octanol–water partition coefficient (Wildman–Crippen LogP) is 4.10. The van der Waals surface area contributed by atoms with Gasteiger partial charge in [-0.1, -0.05) is 30.3 Å². The monoisotopic (exact) mass is 618 g/mol. The third-order valence-electron chi connectivity index (χ3n) is 8.78. The van der Waals surface area contributed by atoms with Gasteiger partial charge in [0.1, 0.15) is 17.5 Å². The van der Waals surface area contributed by atoms with Gasteiger partial charge >= 0.3 is 6.03 Å². The number of benzene rings is 3. The number of urea groups is 1. The van der Waals surface area contributed by atoms with Crippen molar-refractivity contribution < 1.29 is 33.4 Å². The minimum absolute atomic E-state index is 0.000100. The van der Waals surface area contributed by atoms with E-state index in [2.05, 4.69) is 10.6 Å². The molecule has 10 nitrogen and oxygen atoms in total. The molecule has 0 radical (unpaired) electrons. The molecule has 3 atom stereocenters. The van der Waals surface area contributed by atoms with Gasteiger partial charge in [-0.3, -0.25) is 14.5 Å². The van der Waals surface area contributed by atoms with Gasteiger partial charge in [0.2, 0.25) is 11.8 Å². The molecule has 0 bridgehead atoms. The number of hydrogen-bond donors (Lipinski definition) is 3. The van der Waals surface area contributed by atoms with Crippen molar-refractivity contribution in [2.45, 2.75) is 39.0 Å². The summed E-state index contributed by atoms with van der Waals surface area (Å²) in [6.45, 7) is 4.84. The highest BCUT2D eigenvalue weighted by Crippen LogP contribution is 2.38. The maximum Gasteiger partial charge on any atom is 0.326 e. The second-order valence-corrected chi connectivity index (χ2v) is 11.6. The number of amides is 4. The number of aliphatic hydroxyl groups excluding tert-OH is 1. The van der Waals surface area contributed by atoms with Crippen molar-refractivity contribution in [3.05, 3.63) is 71.0 Å². The van der Waals surface area contributed by atoms with E-state index in [9.17, 15) is 19.5 Å². The number of ether oxygens (including phenoxy) is 2. The summed E-state index contributed by atoms with van der Waals surface area (Å²) in [5.74, 6) is -2.06. The Hall–Kier alpha value is -4.32. The van der Waals surface area contributed by atoms with Crippen LogP contribution in [0.2, 0.25) is 0 Å². The minimum Gasteiger partial charge on any atom is -0.496 e. The molecule has 4 amide bonds. The lowest BCUT2D eigenvalue weighted by molar-refractivity contribution is -0.140. The fraction of sp³-hybridized carbons (Fsp3) is 0.382. The van der Waals surface area contributed by atoms with Crippen molar-refractivity contribution >= 4 is 23.5 Å². The molecule has 0 aliphatic carbocycles. The summed E-state index contributed by atoms with van der Waals surface area (Å²) in [5, 5.41) is 16.3. The molecule has 45 heavy (non-hydrogen) atoms. The Morgan fingerprint density at radius 2 is 1.76 bits per heavy atom. The third-order valence-corrected chi connectivity index (χ3v) is 8.78. The molecule has 3 aromatic carbocycles. The molecule has 238 valence electrons. The topological polar surface area (TPSA) is 120 Å². The molecule has 5 rings (SSSR count). The van der Waals surface area contributed by atoms with Crippen LogP contribution in [0.1, 0.15) is 23.1 Å². The average molecular weight is 619 g/mol. The number of anilines is 1. The lowest BCUT2D eigenvalue weighted by Crippen LogP contribution is -2.56. The third kappa shape index (κ3) is 6.42. The fourth-order valence-corrected chi connectivity index (χ4v) is 6.05. The van der Waals surface area contributed by atoms with E-state index in [0.717, 1.165) is 32.7 Å². The lowest BCUT2D eigenvalue weighted by atomic mass is 9.90. The highest BCUT2D eigenvalue weighted by Gasteiger charge is 2.39. The van der Waals surface area contributed by atoms with E-state index in [1.54, 1.807) is 13.1 Å². The molecule has 2 aliphatic heterocycles. The van der Waals surface area contributed by atoms with Crippen molar-refractivity contribution in [1.29, 1.82) is 0 Å². The van der Waals surface area contributed by atoms with Crippen LogP contribution in [-0.2, 0) is 20.9 Å². The van der Waals surface area contributed by atoms with E-state index in [0.29, 0.717) is 35.6 Å². The van der Waals surface area contributed by atoms with Crippen LogP contribution in [0.4, 0.5) is 14.9 Å². The highest BCUT2D eigenvalue weighted by atomic mass is 19.1. The Labute approximate surface area is 262 Å². The van der Waals surface area contributed by atoms with E-state index in [1.807, 2.05) is 50.2 Å². The van der Waals surface area contributed by atoms with Gasteiger partial charge in [-0.25, -0.2) is 9.18 Å². The molecular formula is C34H39FN4O6. The maximum atomic E-state index is 15.6. The molecular weight excluding hydrogens is 579 g/mol. The first-order valence-electron chi connectivity index (χ1n) is 14.9. The summed E-state index contributed by atoms with van der Waals surface area (Å²) in [5.41, 5.74) is 5.88. The van der Waals surface area contributed by atoms with Crippen LogP contribution in [0.15, 0.2) is 48.5 Å². The first-order valence-corrected chi connectivity index (χ1v) is 14.9. The summed E-state index contributed by atoms with van der Waals surface area (Å²) < 4.78 is 26.5. The van der Waals surface area contributed by atoms with Gasteiger partial charge in [-0.15, -0.1) is 0 Å². The van der Waals surface area contributed by atoms with Gasteiger partial charge in [0.05, 0.1) is 19.8 Å². The molecule has 3 aromatic rings. The zero-order valence-corrected chi connectivity index (χ0v) is 26.1. The summed E-state index contributed by atoms with van der Waals surface area (Å²) >= 11 is 0. The molecule has 0 spiro atoms. The van der Waals surface area contributed by atoms with Crippen LogP contribution < -0.4 is 15.4 Å². The summed E-state index contributed by atoms with van der Waals surface area (Å²) in [7, 11) is 4.43. The maximum absolute atomic E-state index is 15.6. The molecule has 2 heterocycles. The molecule has 1 unspecified atom stereocenters. The Balaban J connectivity index is 1.41. The van der Waals surface area contributed by atoms with Crippen molar-refractivity contribution in [2.24, 2.45) is 5.92 Å². The van der Waals surface area contributed by atoms with Crippen molar-refractivity contribution in [3.63, 3.8) is 0 Å². The van der Waals surface area contributed by atoms with Crippen LogP contribution in [-0.4, -0.2) is 85.9 Å². The largest absolute Gasteiger partial charge is 0.496 e. The smallest absolute Gasteiger partial charge is 0.326 e. The number of carbonyl (C=O) groups excluding carboxylic acids is 3. The molecule has 3 N–H and O–H groups in total. The van der Waals surface area contributed by atoms with E-state index in [4.69, 9.17) is 9.47 Å². The van der Waals surface area contributed by atoms with Crippen molar-refractivity contribution in [1.82, 2.24) is 15.1 Å². The van der Waals surface area contributed by atoms with Crippen LogP contribution in [0.25, 0.3) is 22.3 Å². The summed E-state index contributed by atoms with van der Waals surface area (Å²) in [6.07, 6.45) is -0.0231. The van der Waals surface area contributed by atoms with Gasteiger partial charge in [0, 0.05) is 51.1 Å². The second kappa shape index (κ2) is 13.4. The SMILES string of the molecule is COc1cc(-c2cccc(-c3cccc(NC(=O)C4CN(C)C(=O)N(C)C4=O)c3C)c2C)cc(F)c1CN[C@H]1CCOC[C@H]1O. The molecule has 2 fully saturated rings. The molecule has 0 saturated carbocycles. The Kier molecular flexibility index (Phi) is 9.52. The number of hydrogen-bond acceptors (Lipinski definition) is 7. The molecule has 0 aromatic heterocycles. The fourth-order valence-electron chi connectivity index (χ4n) is 6.05. The number of carbonyl (C=O) groups is 3. The first-order chi connectivity index (χ1) is 21.5. The zero-order chi connectivity index (χ0) is 32.4. The van der Waals surface area contributed by atoms with Crippen molar-refractivity contribution in [2.75, 3.05) is 46.3 Å². The molecule has 2 aliphatic rings. The van der Waals surface area contributed by atoms with Crippen LogP contribution in [0.3, 0.4) is 0 Å². The summed E-state index contributed by atoms with van der Waals surface area (Å²) in [6, 6.07) is 14.0. The van der Waals surface area contributed by atoms with Crippen LogP contribution in [0.5, 0.6) is 5.75 Å². The molecule has 11 heteroatoms. The normalized spacial score (nSPS) is 20.4. The first kappa shape index (κ1) is 32.1. The quantitative estimate of drug-likeness (QED) is 0.325. The van der Waals surface area contributed by atoms with Gasteiger partial charge in [0.15, 0.2) is 0 Å². The standard InChI is InChI=1S/C34H39FN4O6/c1-19-22(21-14-27(35)25(31(15-21)44-5)16-36-29-12-13-45-18-30(29)40)8-6-9-23(19)24-10-7-11-28(20(24)2)37-32(41)26-17-38(3)34(43)39(4)33(26)42/h6-11,14-15,26,29-30,36,40H,12-13,16-18H2,1-5H3,(H,37,41)/t26?,29-,30+/m0/s1. The van der Waals surface area contributed by atoms with E-state index >= 15 is 4.39 Å². The lowest BCUT2D eigenvalue weighted by Gasteiger charge is -2.33. The zero-order valence-electron chi connectivity index (χ0n) is 26.1. The predicted molar refractivity (Wildman–Crippen MR) is 168 cm³/mol. The number of aliphatic hydroxyl groups is 1. The van der Waals surface area contributed by atoms with E-state index < -0.39 is 35.7 Å². The Morgan fingerprint density at radius 3 is 2.47 bits per heavy atom. The van der Waals surface area contributed by atoms with E-state index in [-0.39, 0.29) is 25.7 Å². The van der Waals surface area contributed by atoms with Gasteiger partial charge in [-0.05, 0) is 71.8 Å². The Morgan fingerprint density at radius 1 is 1.07 bits per heavy atom. The van der Waals surface area contributed by atoms with Gasteiger partial charge < -0.3 is 30.1 Å². The van der Waals surface area contributed by atoms with Crippen LogP contribution in [0, 0.1) is 25.6 Å². The van der Waals surface area contributed by atoms with Crippen molar-refractivity contribution in [3.8, 4) is 28.0 Å². The van der Waals surface area contributed by atoms with Crippen LogP contribution >= 0.6 is 0 Å². The number of halogens is 1. The number of rotatable bonds is 8. The minimum atomic E-state index is -1.02. The average Bonchev–Trinajstić information content (AvgIpc) is 3.02. The van der Waals surface area contributed by atoms with E-state index in [1.165, 1.54) is 25.1 Å². The van der Waals surface area contributed by atoms with Gasteiger partial charge in [-0.2, -0.15) is 0 Å². The molecule has 2 saturated heterocycles. The highest BCUT2D eigenvalue weighted by molar-refractivity contribution is 6.12. The number of nitrogens with one attached hydrogen (secondary N) is 2. The second-order valence-electron chi connectivity index (χ2n) is 11.6. The summed E-state index contributed by atoms with van der Waals surface area (Å²) in [4.78, 5) is 40.3. The number of imide groups is 1.